The lowest BCUT2D eigenvalue weighted by Gasteiger charge is -2.03. The second-order valence-electron chi connectivity index (χ2n) is 2.75. The van der Waals surface area contributed by atoms with E-state index >= 15 is 0 Å². The summed E-state index contributed by atoms with van der Waals surface area (Å²) in [5.74, 6) is -1.26. The number of carbonyl (C=O) groups is 2. The van der Waals surface area contributed by atoms with Crippen LogP contribution in [-0.2, 0) is 23.9 Å². The van der Waals surface area contributed by atoms with Crippen LogP contribution in [0.3, 0.4) is 0 Å². The molecule has 92 valence electrons. The molecule has 0 aromatic rings. The van der Waals surface area contributed by atoms with E-state index in [1.165, 1.54) is 6.92 Å². The van der Waals surface area contributed by atoms with Gasteiger partial charge in [-0.05, 0) is 13.8 Å². The zero-order valence-electron chi connectivity index (χ0n) is 9.82. The van der Waals surface area contributed by atoms with Crippen LogP contribution in [0.4, 0.5) is 0 Å². The van der Waals surface area contributed by atoms with Crippen molar-refractivity contribution in [1.29, 1.82) is 0 Å². The van der Waals surface area contributed by atoms with Gasteiger partial charge in [0, 0.05) is 13.5 Å². The first-order valence-corrected chi connectivity index (χ1v) is 5.09. The largest absolute Gasteiger partial charge is 0.461 e. The molecule has 6 nitrogen and oxygen atoms in total. The van der Waals surface area contributed by atoms with Gasteiger partial charge < -0.3 is 14.3 Å². The molecule has 0 aliphatic rings. The Balaban J connectivity index is 4.15. The maximum Gasteiger partial charge on any atom is 0.364 e. The maximum absolute atomic E-state index is 11.2. The van der Waals surface area contributed by atoms with Crippen LogP contribution in [-0.4, -0.2) is 43.9 Å². The summed E-state index contributed by atoms with van der Waals surface area (Å²) in [7, 11) is 0. The monoisotopic (exact) mass is 231 g/mol. The van der Waals surface area contributed by atoms with Crippen LogP contribution in [0.5, 0.6) is 0 Å². The molecule has 0 unspecified atom stereocenters. The van der Waals surface area contributed by atoms with Gasteiger partial charge in [-0.3, -0.25) is 4.79 Å². The average Bonchev–Trinajstić information content (AvgIpc) is 2.23. The Morgan fingerprint density at radius 2 is 1.81 bits per heavy atom. The molecule has 0 heterocycles. The summed E-state index contributed by atoms with van der Waals surface area (Å²) in [6.45, 7) is 6.02. The number of ether oxygens (including phenoxy) is 2. The topological polar surface area (TPSA) is 74.2 Å². The highest BCUT2D eigenvalue weighted by Gasteiger charge is 2.18. The minimum absolute atomic E-state index is 0.185. The molecular formula is C10H17NO5. The third-order valence-corrected chi connectivity index (χ3v) is 1.48. The fraction of sp³-hybridized carbons (Fsp3) is 0.700. The van der Waals surface area contributed by atoms with Crippen molar-refractivity contribution in [2.45, 2.75) is 20.8 Å². The van der Waals surface area contributed by atoms with Crippen molar-refractivity contribution < 1.29 is 23.9 Å². The molecule has 0 bridgehead atoms. The number of hydrogen-bond donors (Lipinski definition) is 0. The maximum atomic E-state index is 11.2. The summed E-state index contributed by atoms with van der Waals surface area (Å²) < 4.78 is 9.63. The molecule has 0 spiro atoms. The Morgan fingerprint density at radius 1 is 1.12 bits per heavy atom. The predicted octanol–water partition coefficient (Wildman–Crippen LogP) is 0.548. The molecule has 0 rings (SSSR count). The van der Waals surface area contributed by atoms with Crippen molar-refractivity contribution in [3.63, 3.8) is 0 Å². The van der Waals surface area contributed by atoms with E-state index in [1.54, 1.807) is 6.92 Å². The molecule has 0 N–H and O–H groups in total. The third-order valence-electron chi connectivity index (χ3n) is 1.48. The van der Waals surface area contributed by atoms with Gasteiger partial charge in [0.25, 0.3) is 0 Å². The number of Topliss-reactive ketones (excluding diaryl/α,β-unsaturated/α-hetero) is 1. The lowest BCUT2D eigenvalue weighted by atomic mass is 10.3. The minimum Gasteiger partial charge on any atom is -0.461 e. The number of carbonyl (C=O) groups excluding carboxylic acids is 2. The van der Waals surface area contributed by atoms with E-state index in [9.17, 15) is 9.59 Å². The quantitative estimate of drug-likeness (QED) is 0.200. The van der Waals surface area contributed by atoms with Gasteiger partial charge in [-0.15, -0.1) is 0 Å². The zero-order valence-corrected chi connectivity index (χ0v) is 9.82. The zero-order chi connectivity index (χ0) is 12.4. The van der Waals surface area contributed by atoms with Gasteiger partial charge in [0.1, 0.15) is 6.61 Å². The average molecular weight is 231 g/mol. The minimum atomic E-state index is -0.772. The van der Waals surface area contributed by atoms with Gasteiger partial charge in [0.15, 0.2) is 5.78 Å². The third kappa shape index (κ3) is 6.13. The lowest BCUT2D eigenvalue weighted by molar-refractivity contribution is -0.136. The molecule has 0 aliphatic heterocycles. The molecular weight excluding hydrogens is 214 g/mol. The van der Waals surface area contributed by atoms with Crippen molar-refractivity contribution in [3.8, 4) is 0 Å². The van der Waals surface area contributed by atoms with E-state index in [1.807, 2.05) is 6.92 Å². The number of nitrogens with zero attached hydrogens (tertiary/aromatic N) is 1. The summed E-state index contributed by atoms with van der Waals surface area (Å²) in [6.07, 6.45) is 0. The van der Waals surface area contributed by atoms with Crippen LogP contribution >= 0.6 is 0 Å². The van der Waals surface area contributed by atoms with Crippen LogP contribution in [0.25, 0.3) is 0 Å². The van der Waals surface area contributed by atoms with Crippen LogP contribution in [0, 0.1) is 0 Å². The Kier molecular flexibility index (Phi) is 8.05. The molecule has 6 heteroatoms. The molecule has 0 aliphatic carbocycles. The molecule has 0 aromatic carbocycles. The van der Waals surface area contributed by atoms with E-state index < -0.39 is 11.8 Å². The smallest absolute Gasteiger partial charge is 0.364 e. The number of rotatable bonds is 8. The Labute approximate surface area is 94.5 Å². The highest BCUT2D eigenvalue weighted by atomic mass is 16.6. The standard InChI is InChI=1S/C10H17NO5/c1-4-14-6-7-16-11-9(8(3)12)10(13)15-5-2/h4-7H2,1-3H3/b11-9-. The summed E-state index contributed by atoms with van der Waals surface area (Å²) in [4.78, 5) is 27.0. The first kappa shape index (κ1) is 14.6. The molecule has 0 saturated carbocycles. The Bertz CT molecular complexity index is 262. The van der Waals surface area contributed by atoms with Crippen LogP contribution in [0.2, 0.25) is 0 Å². The molecule has 0 amide bonds. The van der Waals surface area contributed by atoms with Gasteiger partial charge in [0.2, 0.25) is 5.71 Å². The number of ketones is 1. The number of esters is 1. The predicted molar refractivity (Wildman–Crippen MR) is 57.2 cm³/mol. The molecule has 0 radical (unpaired) electrons. The van der Waals surface area contributed by atoms with Crippen LogP contribution in [0.15, 0.2) is 5.16 Å². The first-order valence-electron chi connectivity index (χ1n) is 5.09. The summed E-state index contributed by atoms with van der Waals surface area (Å²) in [5, 5.41) is 3.43. The SMILES string of the molecule is CCOCCO/N=C(/C(C)=O)C(=O)OCC. The van der Waals surface area contributed by atoms with E-state index in [2.05, 4.69) is 9.89 Å². The summed E-state index contributed by atoms with van der Waals surface area (Å²) in [6, 6.07) is 0. The van der Waals surface area contributed by atoms with Gasteiger partial charge in [-0.25, -0.2) is 4.79 Å². The second-order valence-corrected chi connectivity index (χ2v) is 2.75. The number of hydrogen-bond acceptors (Lipinski definition) is 6. The van der Waals surface area contributed by atoms with E-state index in [0.29, 0.717) is 13.2 Å². The normalized spacial score (nSPS) is 11.1. The van der Waals surface area contributed by atoms with E-state index in [-0.39, 0.29) is 18.9 Å². The highest BCUT2D eigenvalue weighted by molar-refractivity contribution is 6.63. The van der Waals surface area contributed by atoms with Crippen molar-refractivity contribution in [1.82, 2.24) is 0 Å². The first-order chi connectivity index (χ1) is 7.63. The summed E-state index contributed by atoms with van der Waals surface area (Å²) >= 11 is 0. The van der Waals surface area contributed by atoms with E-state index in [4.69, 9.17) is 9.57 Å². The highest BCUT2D eigenvalue weighted by Crippen LogP contribution is 1.90. The van der Waals surface area contributed by atoms with Gasteiger partial charge in [-0.2, -0.15) is 0 Å². The molecule has 0 saturated heterocycles. The van der Waals surface area contributed by atoms with Crippen molar-refractivity contribution in [2.24, 2.45) is 5.16 Å². The van der Waals surface area contributed by atoms with E-state index in [0.717, 1.165) is 0 Å². The molecule has 0 aromatic heterocycles. The van der Waals surface area contributed by atoms with Crippen LogP contribution in [0.1, 0.15) is 20.8 Å². The lowest BCUT2D eigenvalue weighted by Crippen LogP contribution is -2.25. The molecule has 0 atom stereocenters. The van der Waals surface area contributed by atoms with Crippen molar-refractivity contribution >= 4 is 17.5 Å². The fourth-order valence-corrected chi connectivity index (χ4v) is 0.795. The second kappa shape index (κ2) is 8.84. The summed E-state index contributed by atoms with van der Waals surface area (Å²) in [5.41, 5.74) is -0.335. The van der Waals surface area contributed by atoms with Gasteiger partial charge in [0.05, 0.1) is 13.2 Å². The van der Waals surface area contributed by atoms with Crippen LogP contribution < -0.4 is 0 Å². The fourth-order valence-electron chi connectivity index (χ4n) is 0.795. The van der Waals surface area contributed by atoms with Crippen molar-refractivity contribution in [2.75, 3.05) is 26.4 Å². The van der Waals surface area contributed by atoms with Gasteiger partial charge in [-0.1, -0.05) is 5.16 Å². The Morgan fingerprint density at radius 3 is 2.31 bits per heavy atom. The van der Waals surface area contributed by atoms with Gasteiger partial charge >= 0.3 is 5.97 Å². The van der Waals surface area contributed by atoms with Crippen molar-refractivity contribution in [3.05, 3.63) is 0 Å². The Hall–Kier alpha value is -1.43. The molecule has 0 fully saturated rings. The number of oxime groups is 1. The molecule has 16 heavy (non-hydrogen) atoms.